The van der Waals surface area contributed by atoms with Gasteiger partial charge < -0.3 is 10.0 Å². The van der Waals surface area contributed by atoms with Gasteiger partial charge in [-0.3, -0.25) is 19.5 Å². The molecule has 1 fully saturated rings. The average molecular weight is 383 g/mol. The van der Waals surface area contributed by atoms with Crippen LogP contribution >= 0.6 is 0 Å². The van der Waals surface area contributed by atoms with E-state index in [1.165, 1.54) is 0 Å². The first-order valence-corrected chi connectivity index (χ1v) is 8.06. The van der Waals surface area contributed by atoms with Gasteiger partial charge in [0.2, 0.25) is 0 Å². The zero-order chi connectivity index (χ0) is 19.9. The summed E-state index contributed by atoms with van der Waals surface area (Å²) in [6.07, 6.45) is -4.74. The summed E-state index contributed by atoms with van der Waals surface area (Å²) in [4.78, 5) is 36.6. The van der Waals surface area contributed by atoms with E-state index < -0.39 is 48.5 Å². The Morgan fingerprint density at radius 3 is 2.33 bits per heavy atom. The number of nitrogens with zero attached hydrogens (tertiary/aromatic N) is 2. The number of hydrogen-bond donors (Lipinski definition) is 2. The zero-order valence-electron chi connectivity index (χ0n) is 14.2. The number of carboxylic acid groups (broad SMARTS) is 1. The minimum Gasteiger partial charge on any atom is -0.481 e. The number of aliphatic carboxylic acids is 1. The molecule has 0 saturated carbocycles. The number of rotatable bonds is 3. The summed E-state index contributed by atoms with van der Waals surface area (Å²) in [5.74, 6) is -6.35. The molecule has 0 unspecified atom stereocenters. The molecule has 3 rings (SSSR count). The van der Waals surface area contributed by atoms with Crippen molar-refractivity contribution in [3.8, 4) is 5.69 Å². The molecule has 0 radical (unpaired) electrons. The molecule has 10 heteroatoms. The van der Waals surface area contributed by atoms with Crippen molar-refractivity contribution in [1.29, 1.82) is 0 Å². The monoisotopic (exact) mass is 383 g/mol. The van der Waals surface area contributed by atoms with Crippen LogP contribution in [0.25, 0.3) is 5.69 Å². The third-order valence-electron chi connectivity index (χ3n) is 4.59. The van der Waals surface area contributed by atoms with E-state index in [0.717, 1.165) is 21.2 Å². The summed E-state index contributed by atoms with van der Waals surface area (Å²) in [5, 5.41) is 11.6. The molecule has 144 valence electrons. The van der Waals surface area contributed by atoms with Gasteiger partial charge in [-0.25, -0.2) is 4.68 Å². The molecule has 7 nitrogen and oxygen atoms in total. The highest BCUT2D eigenvalue weighted by Gasteiger charge is 2.53. The summed E-state index contributed by atoms with van der Waals surface area (Å²) >= 11 is 0. The molecule has 1 aromatic heterocycles. The Labute approximate surface area is 151 Å². The lowest BCUT2D eigenvalue weighted by atomic mass is 9.96. The number of amides is 1. The third-order valence-corrected chi connectivity index (χ3v) is 4.59. The van der Waals surface area contributed by atoms with E-state index >= 15 is 0 Å². The molecular formula is C17H16F3N3O4. The Kier molecular flexibility index (Phi) is 4.58. The van der Waals surface area contributed by atoms with Crippen molar-refractivity contribution in [2.75, 3.05) is 13.1 Å². The smallest absolute Gasteiger partial charge is 0.394 e. The fraction of sp³-hybridized carbons (Fsp3) is 0.353. The van der Waals surface area contributed by atoms with E-state index in [9.17, 15) is 27.6 Å². The predicted octanol–water partition coefficient (Wildman–Crippen LogP) is 1.81. The molecule has 1 amide bonds. The van der Waals surface area contributed by atoms with Gasteiger partial charge in [0, 0.05) is 19.2 Å². The van der Waals surface area contributed by atoms with E-state index in [4.69, 9.17) is 5.11 Å². The SMILES string of the molecule is Cc1ccc(-n2[nH]c(C(=O)N3C[C@@H](C(F)(F)F)[C@H](C(=O)O)C3)cc2=O)cc1. The summed E-state index contributed by atoms with van der Waals surface area (Å²) in [5.41, 5.74) is 0.670. The lowest BCUT2D eigenvalue weighted by Crippen LogP contribution is -2.34. The summed E-state index contributed by atoms with van der Waals surface area (Å²) in [6.45, 7) is 0.520. The van der Waals surface area contributed by atoms with Crippen molar-refractivity contribution in [3.05, 3.63) is 51.9 Å². The lowest BCUT2D eigenvalue weighted by molar-refractivity contribution is -0.187. The number of aryl methyl sites for hydroxylation is 1. The predicted molar refractivity (Wildman–Crippen MR) is 87.7 cm³/mol. The van der Waals surface area contributed by atoms with Crippen molar-refractivity contribution >= 4 is 11.9 Å². The number of carbonyl (C=O) groups is 2. The average Bonchev–Trinajstić information content (AvgIpc) is 3.19. The highest BCUT2D eigenvalue weighted by molar-refractivity contribution is 5.93. The molecule has 1 aliphatic heterocycles. The number of nitrogens with one attached hydrogen (secondary N) is 1. The Hall–Kier alpha value is -3.04. The van der Waals surface area contributed by atoms with Crippen LogP contribution in [0.15, 0.2) is 35.1 Å². The molecule has 1 aliphatic rings. The molecule has 1 saturated heterocycles. The van der Waals surface area contributed by atoms with Crippen LogP contribution in [-0.4, -0.2) is 50.9 Å². The topological polar surface area (TPSA) is 95.4 Å². The number of aromatic amines is 1. The molecule has 2 N–H and O–H groups in total. The first-order valence-electron chi connectivity index (χ1n) is 8.06. The second-order valence-corrected chi connectivity index (χ2v) is 6.48. The molecule has 0 spiro atoms. The van der Waals surface area contributed by atoms with E-state index in [1.807, 2.05) is 6.92 Å². The molecule has 2 heterocycles. The lowest BCUT2D eigenvalue weighted by Gasteiger charge is -2.18. The minimum absolute atomic E-state index is 0.201. The van der Waals surface area contributed by atoms with E-state index in [-0.39, 0.29) is 5.69 Å². The normalized spacial score (nSPS) is 20.1. The quantitative estimate of drug-likeness (QED) is 0.845. The van der Waals surface area contributed by atoms with Crippen LogP contribution in [0.4, 0.5) is 13.2 Å². The maximum atomic E-state index is 13.1. The molecule has 0 aliphatic carbocycles. The van der Waals surface area contributed by atoms with Crippen molar-refractivity contribution in [2.45, 2.75) is 13.1 Å². The van der Waals surface area contributed by atoms with Gasteiger partial charge >= 0.3 is 12.1 Å². The number of likely N-dealkylation sites (tertiary alicyclic amines) is 1. The summed E-state index contributed by atoms with van der Waals surface area (Å²) in [6, 6.07) is 7.81. The Morgan fingerprint density at radius 1 is 1.19 bits per heavy atom. The fourth-order valence-corrected chi connectivity index (χ4v) is 3.11. The van der Waals surface area contributed by atoms with Gasteiger partial charge in [0.15, 0.2) is 0 Å². The van der Waals surface area contributed by atoms with Gasteiger partial charge in [0.25, 0.3) is 11.5 Å². The van der Waals surface area contributed by atoms with Gasteiger partial charge in [-0.15, -0.1) is 0 Å². The molecule has 2 aromatic rings. The number of halogens is 3. The van der Waals surface area contributed by atoms with Gasteiger partial charge in [-0.2, -0.15) is 13.2 Å². The van der Waals surface area contributed by atoms with Crippen molar-refractivity contribution in [2.24, 2.45) is 11.8 Å². The van der Waals surface area contributed by atoms with E-state index in [2.05, 4.69) is 5.10 Å². The number of alkyl halides is 3. The standard InChI is InChI=1S/C17H16F3N3O4/c1-9-2-4-10(5-3-9)23-14(24)6-13(21-23)15(25)22-7-11(16(26)27)12(8-22)17(18,19)20/h2-6,11-12,21H,7-8H2,1H3,(H,26,27)/t11-,12-/m1/s1. The Balaban J connectivity index is 1.87. The maximum absolute atomic E-state index is 13.1. The Bertz CT molecular complexity index is 930. The molecular weight excluding hydrogens is 367 g/mol. The fourth-order valence-electron chi connectivity index (χ4n) is 3.11. The minimum atomic E-state index is -4.74. The molecule has 0 bridgehead atoms. The molecule has 27 heavy (non-hydrogen) atoms. The van der Waals surface area contributed by atoms with Crippen LogP contribution in [0.1, 0.15) is 16.1 Å². The maximum Gasteiger partial charge on any atom is 0.394 e. The molecule has 1 aromatic carbocycles. The van der Waals surface area contributed by atoms with Gasteiger partial charge in [-0.1, -0.05) is 17.7 Å². The third kappa shape index (κ3) is 3.60. The zero-order valence-corrected chi connectivity index (χ0v) is 14.2. The second-order valence-electron chi connectivity index (χ2n) is 6.48. The number of benzene rings is 1. The second kappa shape index (κ2) is 6.60. The van der Waals surface area contributed by atoms with Crippen LogP contribution in [-0.2, 0) is 4.79 Å². The largest absolute Gasteiger partial charge is 0.481 e. The van der Waals surface area contributed by atoms with Gasteiger partial charge in [0.05, 0.1) is 17.5 Å². The highest BCUT2D eigenvalue weighted by atomic mass is 19.4. The van der Waals surface area contributed by atoms with Crippen molar-refractivity contribution < 1.29 is 27.9 Å². The van der Waals surface area contributed by atoms with Crippen LogP contribution < -0.4 is 5.56 Å². The molecule has 2 atom stereocenters. The van der Waals surface area contributed by atoms with Crippen molar-refractivity contribution in [1.82, 2.24) is 14.7 Å². The van der Waals surface area contributed by atoms with E-state index in [0.29, 0.717) is 5.69 Å². The first kappa shape index (κ1) is 18.7. The highest BCUT2D eigenvalue weighted by Crippen LogP contribution is 2.38. The first-order chi connectivity index (χ1) is 12.6. The van der Waals surface area contributed by atoms with Crippen LogP contribution in [0, 0.1) is 18.8 Å². The Morgan fingerprint density at radius 2 is 1.81 bits per heavy atom. The number of aromatic nitrogens is 2. The van der Waals surface area contributed by atoms with Gasteiger partial charge in [-0.05, 0) is 19.1 Å². The van der Waals surface area contributed by atoms with Crippen molar-refractivity contribution in [3.63, 3.8) is 0 Å². The summed E-state index contributed by atoms with van der Waals surface area (Å²) < 4.78 is 40.3. The summed E-state index contributed by atoms with van der Waals surface area (Å²) in [7, 11) is 0. The van der Waals surface area contributed by atoms with Gasteiger partial charge in [0.1, 0.15) is 5.69 Å². The van der Waals surface area contributed by atoms with Crippen LogP contribution in [0.2, 0.25) is 0 Å². The number of carbonyl (C=O) groups excluding carboxylic acids is 1. The van der Waals surface area contributed by atoms with E-state index in [1.54, 1.807) is 24.3 Å². The number of carboxylic acids is 1. The van der Waals surface area contributed by atoms with Crippen LogP contribution in [0.5, 0.6) is 0 Å². The van der Waals surface area contributed by atoms with Crippen LogP contribution in [0.3, 0.4) is 0 Å². The number of H-pyrrole nitrogens is 1. The number of hydrogen-bond acceptors (Lipinski definition) is 3.